The maximum absolute atomic E-state index is 12.1. The lowest BCUT2D eigenvalue weighted by Crippen LogP contribution is -2.56. The summed E-state index contributed by atoms with van der Waals surface area (Å²) in [5.41, 5.74) is 1.10. The molecule has 1 fully saturated rings. The van der Waals surface area contributed by atoms with Gasteiger partial charge in [0.25, 0.3) is 0 Å². The van der Waals surface area contributed by atoms with Gasteiger partial charge in [-0.15, -0.1) is 0 Å². The highest BCUT2D eigenvalue weighted by Crippen LogP contribution is 2.17. The highest BCUT2D eigenvalue weighted by molar-refractivity contribution is 5.88. The smallest absolute Gasteiger partial charge is 0.237 e. The zero-order chi connectivity index (χ0) is 16.8. The van der Waals surface area contributed by atoms with Crippen molar-refractivity contribution in [2.75, 3.05) is 33.8 Å². The van der Waals surface area contributed by atoms with Crippen LogP contribution in [0.1, 0.15) is 18.9 Å². The second kappa shape index (κ2) is 7.97. The number of carbonyl (C=O) groups is 2. The monoisotopic (exact) mass is 319 g/mol. The van der Waals surface area contributed by atoms with E-state index in [1.807, 2.05) is 31.2 Å². The zero-order valence-electron chi connectivity index (χ0n) is 14.0. The Labute approximate surface area is 137 Å². The van der Waals surface area contributed by atoms with Crippen molar-refractivity contribution >= 4 is 11.8 Å². The van der Waals surface area contributed by atoms with Gasteiger partial charge in [-0.1, -0.05) is 12.1 Å². The van der Waals surface area contributed by atoms with Crippen molar-refractivity contribution in [3.8, 4) is 5.75 Å². The molecule has 1 unspecified atom stereocenters. The summed E-state index contributed by atoms with van der Waals surface area (Å²) < 4.78 is 5.44. The topological polar surface area (TPSA) is 61.9 Å². The van der Waals surface area contributed by atoms with Crippen molar-refractivity contribution in [3.05, 3.63) is 29.8 Å². The van der Waals surface area contributed by atoms with Gasteiger partial charge >= 0.3 is 0 Å². The van der Waals surface area contributed by atoms with E-state index >= 15 is 0 Å². The van der Waals surface area contributed by atoms with Crippen LogP contribution in [0.4, 0.5) is 0 Å². The van der Waals surface area contributed by atoms with Crippen LogP contribution >= 0.6 is 0 Å². The highest BCUT2D eigenvalue weighted by atomic mass is 16.5. The van der Waals surface area contributed by atoms with Crippen LogP contribution in [-0.2, 0) is 16.1 Å². The molecule has 2 rings (SSSR count). The molecule has 0 aromatic heterocycles. The molecule has 23 heavy (non-hydrogen) atoms. The molecule has 1 heterocycles. The molecule has 0 aliphatic carbocycles. The third kappa shape index (κ3) is 4.69. The predicted molar refractivity (Wildman–Crippen MR) is 88.1 cm³/mol. The fourth-order valence-electron chi connectivity index (χ4n) is 2.61. The molecule has 1 aliphatic heterocycles. The Bertz CT molecular complexity index is 543. The van der Waals surface area contributed by atoms with Crippen molar-refractivity contribution in [1.82, 2.24) is 15.1 Å². The fourth-order valence-corrected chi connectivity index (χ4v) is 2.61. The number of hydrogen-bond acceptors (Lipinski definition) is 4. The third-order valence-corrected chi connectivity index (χ3v) is 3.93. The molecule has 1 atom stereocenters. The average Bonchev–Trinajstić information content (AvgIpc) is 2.52. The molecule has 1 N–H and O–H groups in total. The molecule has 6 heteroatoms. The number of rotatable bonds is 6. The van der Waals surface area contributed by atoms with Gasteiger partial charge in [-0.05, 0) is 24.6 Å². The van der Waals surface area contributed by atoms with Crippen LogP contribution in [0.5, 0.6) is 5.75 Å². The lowest BCUT2D eigenvalue weighted by atomic mass is 10.1. The van der Waals surface area contributed by atoms with Crippen LogP contribution in [0.2, 0.25) is 0 Å². The second-order valence-electron chi connectivity index (χ2n) is 5.85. The van der Waals surface area contributed by atoms with Gasteiger partial charge in [0.2, 0.25) is 11.8 Å². The van der Waals surface area contributed by atoms with E-state index in [2.05, 4.69) is 10.2 Å². The van der Waals surface area contributed by atoms with Crippen molar-refractivity contribution in [1.29, 1.82) is 0 Å². The van der Waals surface area contributed by atoms with Crippen LogP contribution in [-0.4, -0.2) is 61.4 Å². The predicted octanol–water partition coefficient (Wildman–Crippen LogP) is 0.864. The normalized spacial score (nSPS) is 18.4. The number of nitrogens with one attached hydrogen (secondary N) is 1. The second-order valence-corrected chi connectivity index (χ2v) is 5.85. The number of piperazine rings is 1. The molecule has 0 radical (unpaired) electrons. The highest BCUT2D eigenvalue weighted by Gasteiger charge is 2.31. The number of carbonyl (C=O) groups excluding carboxylic acids is 2. The Morgan fingerprint density at radius 2 is 2.04 bits per heavy atom. The first kappa shape index (κ1) is 17.3. The van der Waals surface area contributed by atoms with E-state index in [0.717, 1.165) is 17.9 Å². The number of nitrogens with zero attached hydrogens (tertiary/aromatic N) is 2. The van der Waals surface area contributed by atoms with E-state index < -0.39 is 6.04 Å². The fraction of sp³-hybridized carbons (Fsp3) is 0.529. The maximum Gasteiger partial charge on any atom is 0.237 e. The van der Waals surface area contributed by atoms with Gasteiger partial charge < -0.3 is 15.0 Å². The number of hydrogen-bond donors (Lipinski definition) is 1. The van der Waals surface area contributed by atoms with E-state index in [4.69, 9.17) is 4.74 Å². The first-order valence-corrected chi connectivity index (χ1v) is 7.95. The quantitative estimate of drug-likeness (QED) is 0.845. The van der Waals surface area contributed by atoms with Crippen LogP contribution in [0.25, 0.3) is 0 Å². The van der Waals surface area contributed by atoms with E-state index in [1.54, 1.807) is 14.1 Å². The number of ether oxygens (including phenoxy) is 1. The largest absolute Gasteiger partial charge is 0.494 e. The molecular formula is C17H25N3O3. The maximum atomic E-state index is 12.1. The van der Waals surface area contributed by atoms with Crippen molar-refractivity contribution in [2.24, 2.45) is 0 Å². The van der Waals surface area contributed by atoms with Gasteiger partial charge in [-0.25, -0.2) is 0 Å². The zero-order valence-corrected chi connectivity index (χ0v) is 14.0. The van der Waals surface area contributed by atoms with Gasteiger partial charge in [0, 0.05) is 33.7 Å². The summed E-state index contributed by atoms with van der Waals surface area (Å²) in [5, 5.41) is 2.85. The number of amides is 2. The summed E-state index contributed by atoms with van der Waals surface area (Å²) in [6.45, 7) is 4.59. The summed E-state index contributed by atoms with van der Waals surface area (Å²) in [7, 11) is 3.42. The standard InChI is InChI=1S/C17H25N3O3/c1-4-23-14-7-5-13(6-8-14)12-20-10-9-18-17(22)15(20)11-16(21)19(2)3/h5-8,15H,4,9-12H2,1-3H3,(H,18,22). The van der Waals surface area contributed by atoms with Crippen molar-refractivity contribution in [3.63, 3.8) is 0 Å². The molecule has 0 saturated carbocycles. The van der Waals surface area contributed by atoms with Crippen LogP contribution in [0.15, 0.2) is 24.3 Å². The summed E-state index contributed by atoms with van der Waals surface area (Å²) in [6, 6.07) is 7.46. The summed E-state index contributed by atoms with van der Waals surface area (Å²) in [6.07, 6.45) is 0.204. The molecular weight excluding hydrogens is 294 g/mol. The van der Waals surface area contributed by atoms with E-state index in [-0.39, 0.29) is 18.2 Å². The molecule has 1 saturated heterocycles. The summed E-state index contributed by atoms with van der Waals surface area (Å²) in [4.78, 5) is 27.7. The Morgan fingerprint density at radius 3 is 2.65 bits per heavy atom. The molecule has 1 aliphatic rings. The third-order valence-electron chi connectivity index (χ3n) is 3.93. The molecule has 0 bridgehead atoms. The molecule has 1 aromatic carbocycles. The van der Waals surface area contributed by atoms with Crippen molar-refractivity contribution in [2.45, 2.75) is 25.9 Å². The lowest BCUT2D eigenvalue weighted by Gasteiger charge is -2.35. The Morgan fingerprint density at radius 1 is 1.35 bits per heavy atom. The Hall–Kier alpha value is -2.08. The molecule has 0 spiro atoms. The van der Waals surface area contributed by atoms with Crippen LogP contribution in [0, 0.1) is 0 Å². The number of benzene rings is 1. The van der Waals surface area contributed by atoms with Gasteiger partial charge in [0.05, 0.1) is 19.1 Å². The first-order chi connectivity index (χ1) is 11.0. The van der Waals surface area contributed by atoms with E-state index in [9.17, 15) is 9.59 Å². The first-order valence-electron chi connectivity index (χ1n) is 7.95. The van der Waals surface area contributed by atoms with Gasteiger partial charge in [0.1, 0.15) is 5.75 Å². The summed E-state index contributed by atoms with van der Waals surface area (Å²) in [5.74, 6) is 0.730. The summed E-state index contributed by atoms with van der Waals surface area (Å²) >= 11 is 0. The molecule has 126 valence electrons. The average molecular weight is 319 g/mol. The van der Waals surface area contributed by atoms with Gasteiger partial charge in [-0.2, -0.15) is 0 Å². The lowest BCUT2D eigenvalue weighted by molar-refractivity contribution is -0.137. The molecule has 2 amide bonds. The molecule has 6 nitrogen and oxygen atoms in total. The van der Waals surface area contributed by atoms with E-state index in [1.165, 1.54) is 4.90 Å². The Kier molecular flexibility index (Phi) is 5.98. The van der Waals surface area contributed by atoms with Crippen molar-refractivity contribution < 1.29 is 14.3 Å². The SMILES string of the molecule is CCOc1ccc(CN2CCNC(=O)C2CC(=O)N(C)C)cc1. The minimum absolute atomic E-state index is 0.0382. The van der Waals surface area contributed by atoms with E-state index in [0.29, 0.717) is 19.7 Å². The van der Waals surface area contributed by atoms with Crippen LogP contribution < -0.4 is 10.1 Å². The Balaban J connectivity index is 2.05. The van der Waals surface area contributed by atoms with Crippen LogP contribution in [0.3, 0.4) is 0 Å². The minimum atomic E-state index is -0.412. The minimum Gasteiger partial charge on any atom is -0.494 e. The van der Waals surface area contributed by atoms with Gasteiger partial charge in [-0.3, -0.25) is 14.5 Å². The van der Waals surface area contributed by atoms with Gasteiger partial charge in [0.15, 0.2) is 0 Å². The molecule has 1 aromatic rings.